The summed E-state index contributed by atoms with van der Waals surface area (Å²) in [6.45, 7) is 9.61. The molecule has 0 aliphatic heterocycles. The highest BCUT2D eigenvalue weighted by Gasteiger charge is 2.51. The molecule has 0 radical (unpaired) electrons. The van der Waals surface area contributed by atoms with Crippen molar-refractivity contribution >= 4 is 156 Å². The van der Waals surface area contributed by atoms with Crippen LogP contribution in [0.15, 0.2) is 108 Å². The van der Waals surface area contributed by atoms with Gasteiger partial charge in [-0.2, -0.15) is 21.0 Å². The molecule has 0 N–H and O–H groups in total. The first-order valence-corrected chi connectivity index (χ1v) is 31.6. The summed E-state index contributed by atoms with van der Waals surface area (Å²) in [4.78, 5) is 57.6. The van der Waals surface area contributed by atoms with Gasteiger partial charge in [0.25, 0.3) is 0 Å². The first-order chi connectivity index (χ1) is 38.3. The average molecular weight is 1180 g/mol. The monoisotopic (exact) mass is 1180 g/mol. The van der Waals surface area contributed by atoms with E-state index in [1.165, 1.54) is 83.2 Å². The highest BCUT2D eigenvalue weighted by atomic mass is 32.1. The number of allylic oxidation sites excluding steroid dienone is 6. The lowest BCUT2D eigenvalue weighted by molar-refractivity contribution is 0.103. The molecule has 4 aliphatic carbocycles. The van der Waals surface area contributed by atoms with Crippen molar-refractivity contribution in [3.63, 3.8) is 0 Å². The number of ketones is 2. The van der Waals surface area contributed by atoms with E-state index in [4.69, 9.17) is 19.9 Å². The lowest BCUT2D eigenvalue weighted by Crippen LogP contribution is -2.23. The van der Waals surface area contributed by atoms with Gasteiger partial charge in [-0.15, -0.1) is 102 Å². The zero-order chi connectivity index (χ0) is 54.0. The van der Waals surface area contributed by atoms with Gasteiger partial charge in [-0.1, -0.05) is 76.2 Å². The zero-order valence-electron chi connectivity index (χ0n) is 41.3. The largest absolute Gasteiger partial charge is 0.289 e. The Morgan fingerprint density at radius 3 is 1.22 bits per heavy atom. The Morgan fingerprint density at radius 2 is 0.810 bits per heavy atom. The summed E-state index contributed by atoms with van der Waals surface area (Å²) in [5.74, 6) is -0.439. The number of nitriles is 4. The third-order valence-corrected chi connectivity index (χ3v) is 25.8. The summed E-state index contributed by atoms with van der Waals surface area (Å²) in [6, 6.07) is 26.7. The van der Waals surface area contributed by atoms with Gasteiger partial charge in [0.1, 0.15) is 35.4 Å². The van der Waals surface area contributed by atoms with E-state index in [2.05, 4.69) is 39.8 Å². The Labute approximate surface area is 485 Å². The number of carbonyl (C=O) groups is 2. The Hall–Kier alpha value is -7.76. The third-order valence-electron chi connectivity index (χ3n) is 14.9. The highest BCUT2D eigenvalue weighted by molar-refractivity contribution is 7.36. The quantitative estimate of drug-likeness (QED) is 0.115. The number of Topliss-reactive ketones (excluding diaryl/α,β-unsaturated/α-hetero) is 2. The fraction of sp³-hybridized carbons (Fsp3) is 0.100. The summed E-state index contributed by atoms with van der Waals surface area (Å²) in [5, 5.41) is 42.1. The molecule has 11 aromatic rings. The first-order valence-electron chi connectivity index (χ1n) is 24.3. The van der Waals surface area contributed by atoms with Crippen molar-refractivity contribution in [3.8, 4) is 83.3 Å². The smallest absolute Gasteiger partial charge is 0.194 e. The van der Waals surface area contributed by atoms with Crippen molar-refractivity contribution in [2.45, 2.75) is 38.5 Å². The maximum atomic E-state index is 13.5. The molecule has 0 fully saturated rings. The van der Waals surface area contributed by atoms with Crippen LogP contribution in [-0.4, -0.2) is 31.5 Å². The van der Waals surface area contributed by atoms with Gasteiger partial charge >= 0.3 is 0 Å². The normalized spacial score (nSPS) is 16.1. The van der Waals surface area contributed by atoms with Gasteiger partial charge in [0, 0.05) is 108 Å². The topological polar surface area (TPSA) is 181 Å². The molecule has 9 heterocycles. The molecule has 4 aliphatic rings. The van der Waals surface area contributed by atoms with Crippen molar-refractivity contribution in [1.29, 1.82) is 21.0 Å². The first kappa shape index (κ1) is 48.4. The summed E-state index contributed by atoms with van der Waals surface area (Å²) in [7, 11) is 0. The minimum Gasteiger partial charge on any atom is -0.289 e. The van der Waals surface area contributed by atoms with E-state index in [1.807, 2.05) is 93.4 Å². The van der Waals surface area contributed by atoms with Crippen LogP contribution < -0.4 is 0 Å². The van der Waals surface area contributed by atoms with E-state index in [0.29, 0.717) is 44.5 Å². The number of benzene rings is 2. The number of hydrogen-bond donors (Lipinski definition) is 0. The fourth-order valence-electron chi connectivity index (χ4n) is 11.5. The predicted octanol–water partition coefficient (Wildman–Crippen LogP) is 17.6. The number of fused-ring (bicyclic) bond motifs is 13. The van der Waals surface area contributed by atoms with Gasteiger partial charge in [-0.05, 0) is 57.7 Å². The number of rotatable bonds is 6. The lowest BCUT2D eigenvalue weighted by atomic mass is 9.74. The molecule has 0 bridgehead atoms. The Kier molecular flexibility index (Phi) is 10.6. The van der Waals surface area contributed by atoms with Gasteiger partial charge in [0.15, 0.2) is 31.6 Å². The molecule has 79 heavy (non-hydrogen) atoms. The zero-order valence-corrected chi connectivity index (χ0v) is 48.7. The van der Waals surface area contributed by atoms with Crippen molar-refractivity contribution in [2.75, 3.05) is 0 Å². The molecule has 19 heteroatoms. The van der Waals surface area contributed by atoms with Crippen LogP contribution in [0.25, 0.3) is 101 Å². The predicted molar refractivity (Wildman–Crippen MR) is 324 cm³/mol. The number of nitrogens with zero attached hydrogens (tertiary/aromatic N) is 8. The SMILES string of the molecule is CC1(C)c2c(sc3c2C(C)(C)c2c-3sc3cc(-c4cnc(-c5ncc(/C=C6\C(=O)c7ccccc7C6=C(C#N)C#N)s5)s4)sc23)-c2sc3cc(-c4cnc(-c5ncc(/C=C6\C(=O)c7ccccc7C6=C(C#N)C#N)s5)s4)sc3c21. The molecular weight excluding hydrogens is 1150 g/mol. The minimum absolute atomic E-state index is 0.0958. The maximum absolute atomic E-state index is 13.5. The maximum Gasteiger partial charge on any atom is 0.194 e. The second kappa shape index (κ2) is 17.4. The highest BCUT2D eigenvalue weighted by Crippen LogP contribution is 2.69. The molecule has 0 spiro atoms. The second-order valence-corrected chi connectivity index (χ2v) is 29.4. The van der Waals surface area contributed by atoms with Gasteiger partial charge in [0.2, 0.25) is 0 Å². The molecule has 10 nitrogen and oxygen atoms in total. The molecular formula is C60H28N8O2S9. The Balaban J connectivity index is 0.696. The van der Waals surface area contributed by atoms with Gasteiger partial charge in [-0.3, -0.25) is 9.59 Å². The number of hydrogen-bond acceptors (Lipinski definition) is 19. The van der Waals surface area contributed by atoms with E-state index >= 15 is 0 Å². The molecule has 0 unspecified atom stereocenters. The van der Waals surface area contributed by atoms with Gasteiger partial charge in [0.05, 0.1) is 28.9 Å². The lowest BCUT2D eigenvalue weighted by Gasteiger charge is -2.28. The molecule has 374 valence electrons. The molecule has 0 amide bonds. The van der Waals surface area contributed by atoms with Crippen LogP contribution in [0.4, 0.5) is 0 Å². The van der Waals surface area contributed by atoms with E-state index in [1.54, 1.807) is 95.8 Å². The molecule has 9 aromatic heterocycles. The standard InChI is InChI=1S/C60H28N8O2S9/c1-59(2)43-44-52(54-46(60(44,3)4)50-38(76-54)16-36(74-50)40-24-68-58(78-40)56-66-22-28(72-56)14-34-42(26(19-63)20-64)30-10-6-8-12-32(30)48(34)70)79-51(43)53-45(59)49-37(75-53)15-35(73-49)39-23-67-57(77-39)55-65-21-27(71-55)13-33-41(25(17-61)18-62)29-9-5-7-11-31(29)47(33)69/h5-16,21-24H,1-4H3/b33-13-,34-14-. The number of carbonyl (C=O) groups excluding carboxylic acids is 2. The van der Waals surface area contributed by atoms with Crippen LogP contribution in [0, 0.1) is 45.3 Å². The third kappa shape index (κ3) is 6.87. The van der Waals surface area contributed by atoms with Crippen LogP contribution in [0.1, 0.15) is 91.5 Å². The van der Waals surface area contributed by atoms with Crippen LogP contribution in [0.2, 0.25) is 0 Å². The van der Waals surface area contributed by atoms with E-state index in [-0.39, 0.29) is 33.5 Å². The molecule has 0 saturated carbocycles. The molecule has 0 saturated heterocycles. The summed E-state index contributed by atoms with van der Waals surface area (Å²) in [5.41, 5.74) is 8.59. The Bertz CT molecular complexity index is 4630. The van der Waals surface area contributed by atoms with Gasteiger partial charge in [-0.25, -0.2) is 19.9 Å². The summed E-state index contributed by atoms with van der Waals surface area (Å²) < 4.78 is 5.21. The summed E-state index contributed by atoms with van der Waals surface area (Å²) in [6.07, 6.45) is 10.7. The van der Waals surface area contributed by atoms with E-state index in [9.17, 15) is 30.6 Å². The Morgan fingerprint density at radius 1 is 0.443 bits per heavy atom. The fourth-order valence-corrected chi connectivity index (χ4v) is 23.1. The number of thiophene rings is 5. The molecule has 2 aromatic carbocycles. The van der Waals surface area contributed by atoms with Crippen LogP contribution in [0.5, 0.6) is 0 Å². The van der Waals surface area contributed by atoms with E-state index < -0.39 is 0 Å². The number of aromatic nitrogens is 4. The molecule has 15 rings (SSSR count). The van der Waals surface area contributed by atoms with Crippen LogP contribution in [-0.2, 0) is 10.8 Å². The van der Waals surface area contributed by atoms with Gasteiger partial charge < -0.3 is 0 Å². The summed E-state index contributed by atoms with van der Waals surface area (Å²) >= 11 is 15.5. The molecule has 0 atom stereocenters. The van der Waals surface area contributed by atoms with Crippen molar-refractivity contribution in [2.24, 2.45) is 0 Å². The van der Waals surface area contributed by atoms with Crippen molar-refractivity contribution < 1.29 is 9.59 Å². The average Bonchev–Trinajstić information content (AvgIpc) is 2.49. The van der Waals surface area contributed by atoms with Crippen molar-refractivity contribution in [1.82, 2.24) is 19.9 Å². The van der Waals surface area contributed by atoms with Crippen molar-refractivity contribution in [3.05, 3.63) is 162 Å². The van der Waals surface area contributed by atoms with Crippen LogP contribution in [0.3, 0.4) is 0 Å². The minimum atomic E-state index is -0.221. The number of thiazole rings is 4. The van der Waals surface area contributed by atoms with Crippen LogP contribution >= 0.6 is 102 Å². The second-order valence-electron chi connectivity index (χ2n) is 20.0. The van der Waals surface area contributed by atoms with E-state index in [0.717, 1.165) is 49.3 Å².